The van der Waals surface area contributed by atoms with Gasteiger partial charge < -0.3 is 5.32 Å². The predicted octanol–water partition coefficient (Wildman–Crippen LogP) is 4.64. The highest BCUT2D eigenvalue weighted by Gasteiger charge is 2.07. The second-order valence-electron chi connectivity index (χ2n) is 3.63. The Kier molecular flexibility index (Phi) is 4.32. The molecule has 2 nitrogen and oxygen atoms in total. The molecule has 0 aliphatic rings. The fourth-order valence-electron chi connectivity index (χ4n) is 1.42. The molecule has 18 heavy (non-hydrogen) atoms. The van der Waals surface area contributed by atoms with Gasteiger partial charge >= 0.3 is 0 Å². The van der Waals surface area contributed by atoms with Crippen molar-refractivity contribution in [1.29, 1.82) is 0 Å². The molecule has 2 aromatic carbocycles. The molecule has 0 saturated heterocycles. The summed E-state index contributed by atoms with van der Waals surface area (Å²) >= 11 is 13.4. The van der Waals surface area contributed by atoms with Crippen LogP contribution < -0.4 is 5.32 Å². The molecule has 92 valence electrons. The zero-order valence-electron chi connectivity index (χ0n) is 9.15. The van der Waals surface area contributed by atoms with Gasteiger partial charge in [-0.2, -0.15) is 0 Å². The van der Waals surface area contributed by atoms with E-state index >= 15 is 0 Å². The van der Waals surface area contributed by atoms with Crippen molar-refractivity contribution in [1.82, 2.24) is 0 Å². The van der Waals surface area contributed by atoms with Crippen LogP contribution in [0.25, 0.3) is 0 Å². The minimum atomic E-state index is -0.180. The van der Waals surface area contributed by atoms with E-state index < -0.39 is 0 Å². The molecule has 5 heteroatoms. The van der Waals surface area contributed by atoms with E-state index in [9.17, 15) is 4.79 Å². The average Bonchev–Trinajstić information content (AvgIpc) is 2.34. The molecule has 0 spiro atoms. The van der Waals surface area contributed by atoms with Gasteiger partial charge in [-0.1, -0.05) is 17.7 Å². The van der Waals surface area contributed by atoms with Gasteiger partial charge in [-0.25, -0.2) is 0 Å². The Morgan fingerprint density at radius 1 is 1.22 bits per heavy atom. The molecule has 1 amide bonds. The van der Waals surface area contributed by atoms with Gasteiger partial charge in [-0.3, -0.25) is 4.79 Å². The smallest absolute Gasteiger partial charge is 0.255 e. The lowest BCUT2D eigenvalue weighted by Gasteiger charge is -2.06. The lowest BCUT2D eigenvalue weighted by Crippen LogP contribution is -2.11. The number of rotatable bonds is 2. The molecule has 0 heterocycles. The summed E-state index contributed by atoms with van der Waals surface area (Å²) in [6, 6.07) is 12.3. The van der Waals surface area contributed by atoms with E-state index in [2.05, 4.69) is 33.9 Å². The van der Waals surface area contributed by atoms with Gasteiger partial charge in [0.1, 0.15) is 0 Å². The summed E-state index contributed by atoms with van der Waals surface area (Å²) in [6.45, 7) is 0. The van der Waals surface area contributed by atoms with Crippen LogP contribution in [0.2, 0.25) is 5.02 Å². The molecule has 0 radical (unpaired) electrons. The van der Waals surface area contributed by atoms with Crippen LogP contribution in [0.15, 0.2) is 51.8 Å². The average molecular weight is 343 g/mol. The Balaban J connectivity index is 2.18. The summed E-state index contributed by atoms with van der Waals surface area (Å²) in [6.07, 6.45) is 0. The third kappa shape index (κ3) is 3.28. The number of benzene rings is 2. The third-order valence-corrected chi connectivity index (χ3v) is 3.78. The van der Waals surface area contributed by atoms with E-state index in [0.717, 1.165) is 9.37 Å². The topological polar surface area (TPSA) is 29.1 Å². The highest BCUT2D eigenvalue weighted by atomic mass is 79.9. The van der Waals surface area contributed by atoms with Gasteiger partial charge in [0.15, 0.2) is 0 Å². The number of amides is 1. The van der Waals surface area contributed by atoms with Crippen molar-refractivity contribution >= 4 is 51.8 Å². The molecule has 0 aliphatic heterocycles. The van der Waals surface area contributed by atoms with Gasteiger partial charge in [0, 0.05) is 20.6 Å². The molecule has 0 atom stereocenters. The standard InChI is InChI=1S/C13H9BrClNOS/c14-11-7-9(4-5-12(11)15)16-13(17)8-2-1-3-10(18)6-8/h1-7,18H,(H,16,17). The molecule has 2 aromatic rings. The molecule has 0 saturated carbocycles. The van der Waals surface area contributed by atoms with E-state index in [-0.39, 0.29) is 5.91 Å². The minimum absolute atomic E-state index is 0.180. The fraction of sp³-hybridized carbons (Fsp3) is 0. The first kappa shape index (κ1) is 13.5. The second kappa shape index (κ2) is 5.78. The van der Waals surface area contributed by atoms with Gasteiger partial charge in [0.2, 0.25) is 0 Å². The highest BCUT2D eigenvalue weighted by molar-refractivity contribution is 9.10. The van der Waals surface area contributed by atoms with E-state index in [1.54, 1.807) is 36.4 Å². The number of nitrogens with one attached hydrogen (secondary N) is 1. The SMILES string of the molecule is O=C(Nc1ccc(Cl)c(Br)c1)c1cccc(S)c1. The summed E-state index contributed by atoms with van der Waals surface area (Å²) < 4.78 is 0.741. The van der Waals surface area contributed by atoms with Crippen LogP contribution in [-0.2, 0) is 0 Å². The fourth-order valence-corrected chi connectivity index (χ4v) is 2.15. The maximum atomic E-state index is 12.0. The molecule has 0 fully saturated rings. The van der Waals surface area contributed by atoms with Gasteiger partial charge in [0.05, 0.1) is 5.02 Å². The van der Waals surface area contributed by atoms with Crippen molar-refractivity contribution in [3.8, 4) is 0 Å². The Morgan fingerprint density at radius 3 is 2.67 bits per heavy atom. The first-order valence-corrected chi connectivity index (χ1v) is 6.73. The first-order valence-electron chi connectivity index (χ1n) is 5.12. The second-order valence-corrected chi connectivity index (χ2v) is 5.41. The number of carbonyl (C=O) groups is 1. The lowest BCUT2D eigenvalue weighted by atomic mass is 10.2. The maximum Gasteiger partial charge on any atom is 0.255 e. The van der Waals surface area contributed by atoms with Crippen molar-refractivity contribution in [2.75, 3.05) is 5.32 Å². The molecule has 0 aliphatic carbocycles. The number of thiol groups is 1. The number of halogens is 2. The minimum Gasteiger partial charge on any atom is -0.322 e. The highest BCUT2D eigenvalue weighted by Crippen LogP contribution is 2.25. The van der Waals surface area contributed by atoms with Crippen LogP contribution in [0, 0.1) is 0 Å². The van der Waals surface area contributed by atoms with Gasteiger partial charge in [-0.05, 0) is 52.3 Å². The zero-order chi connectivity index (χ0) is 13.1. The summed E-state index contributed by atoms with van der Waals surface area (Å²) in [5, 5.41) is 3.39. The van der Waals surface area contributed by atoms with E-state index in [4.69, 9.17) is 11.6 Å². The first-order chi connectivity index (χ1) is 8.56. The van der Waals surface area contributed by atoms with Crippen LogP contribution in [-0.4, -0.2) is 5.91 Å². The Labute approximate surface area is 124 Å². The molecular weight excluding hydrogens is 334 g/mol. The zero-order valence-corrected chi connectivity index (χ0v) is 12.4. The van der Waals surface area contributed by atoms with Crippen molar-refractivity contribution < 1.29 is 4.79 Å². The molecule has 0 bridgehead atoms. The van der Waals surface area contributed by atoms with Crippen LogP contribution in [0.4, 0.5) is 5.69 Å². The number of hydrogen-bond acceptors (Lipinski definition) is 2. The molecule has 2 rings (SSSR count). The maximum absolute atomic E-state index is 12.0. The van der Waals surface area contributed by atoms with Gasteiger partial charge in [0.25, 0.3) is 5.91 Å². The predicted molar refractivity (Wildman–Crippen MR) is 80.8 cm³/mol. The Hall–Kier alpha value is -0.970. The molecular formula is C13H9BrClNOS. The van der Waals surface area contributed by atoms with E-state index in [1.807, 2.05) is 6.07 Å². The quantitative estimate of drug-likeness (QED) is 0.765. The van der Waals surface area contributed by atoms with Gasteiger partial charge in [-0.15, -0.1) is 12.6 Å². The van der Waals surface area contributed by atoms with E-state index in [0.29, 0.717) is 16.3 Å². The van der Waals surface area contributed by atoms with E-state index in [1.165, 1.54) is 0 Å². The molecule has 1 N–H and O–H groups in total. The number of anilines is 1. The van der Waals surface area contributed by atoms with Crippen molar-refractivity contribution in [2.24, 2.45) is 0 Å². The summed E-state index contributed by atoms with van der Waals surface area (Å²) in [7, 11) is 0. The monoisotopic (exact) mass is 341 g/mol. The molecule has 0 unspecified atom stereocenters. The summed E-state index contributed by atoms with van der Waals surface area (Å²) in [5.41, 5.74) is 1.24. The Bertz CT molecular complexity index is 603. The third-order valence-electron chi connectivity index (χ3n) is 2.29. The Morgan fingerprint density at radius 2 is 2.00 bits per heavy atom. The number of carbonyl (C=O) groups excluding carboxylic acids is 1. The van der Waals surface area contributed by atoms with Crippen molar-refractivity contribution in [3.63, 3.8) is 0 Å². The van der Waals surface area contributed by atoms with Crippen LogP contribution in [0.3, 0.4) is 0 Å². The molecule has 0 aromatic heterocycles. The van der Waals surface area contributed by atoms with Crippen LogP contribution >= 0.6 is 40.2 Å². The van der Waals surface area contributed by atoms with Crippen LogP contribution in [0.5, 0.6) is 0 Å². The summed E-state index contributed by atoms with van der Waals surface area (Å²) in [4.78, 5) is 12.7. The van der Waals surface area contributed by atoms with Crippen molar-refractivity contribution in [3.05, 3.63) is 57.5 Å². The summed E-state index contributed by atoms with van der Waals surface area (Å²) in [5.74, 6) is -0.180. The van der Waals surface area contributed by atoms with Crippen LogP contribution in [0.1, 0.15) is 10.4 Å². The lowest BCUT2D eigenvalue weighted by molar-refractivity contribution is 0.102. The van der Waals surface area contributed by atoms with Crippen molar-refractivity contribution in [2.45, 2.75) is 4.90 Å². The number of hydrogen-bond donors (Lipinski definition) is 2. The largest absolute Gasteiger partial charge is 0.322 e. The normalized spacial score (nSPS) is 10.2.